The molecule has 0 spiro atoms. The maximum absolute atomic E-state index is 12.0. The number of carbonyl (C=O) groups is 2. The Hall–Kier alpha value is -2.64. The molecule has 3 amide bonds. The predicted octanol–water partition coefficient (Wildman–Crippen LogP) is 2.52. The van der Waals surface area contributed by atoms with Crippen molar-refractivity contribution in [3.8, 4) is 5.75 Å². The van der Waals surface area contributed by atoms with Gasteiger partial charge in [0.05, 0.1) is 11.0 Å². The topological polar surface area (TPSA) is 111 Å². The van der Waals surface area contributed by atoms with E-state index in [-0.39, 0.29) is 17.5 Å². The maximum atomic E-state index is 12.0. The quantitative estimate of drug-likeness (QED) is 0.634. The number of imide groups is 1. The molecule has 1 fully saturated rings. The Morgan fingerprint density at radius 1 is 1.29 bits per heavy atom. The minimum atomic E-state index is -0.955. The first-order valence-electron chi connectivity index (χ1n) is 7.98. The van der Waals surface area contributed by atoms with Gasteiger partial charge in [0, 0.05) is 12.1 Å². The molecule has 0 aliphatic heterocycles. The van der Waals surface area contributed by atoms with Gasteiger partial charge in [-0.2, -0.15) is 0 Å². The Labute approximate surface area is 139 Å². The summed E-state index contributed by atoms with van der Waals surface area (Å²) in [5, 5.41) is 15.7. The first-order valence-corrected chi connectivity index (χ1v) is 7.98. The van der Waals surface area contributed by atoms with Crippen LogP contribution in [0.15, 0.2) is 24.3 Å². The van der Waals surface area contributed by atoms with Crippen molar-refractivity contribution in [1.29, 1.82) is 0 Å². The number of nitrogens with one attached hydrogen (secondary N) is 2. The summed E-state index contributed by atoms with van der Waals surface area (Å²) >= 11 is 0. The molecule has 1 atom stereocenters. The van der Waals surface area contributed by atoms with E-state index < -0.39 is 23.0 Å². The van der Waals surface area contributed by atoms with E-state index in [0.29, 0.717) is 0 Å². The van der Waals surface area contributed by atoms with Gasteiger partial charge in [0.1, 0.15) is 5.75 Å². The molecule has 2 rings (SSSR count). The second-order valence-electron chi connectivity index (χ2n) is 5.81. The molecule has 8 heteroatoms. The van der Waals surface area contributed by atoms with Crippen molar-refractivity contribution in [2.75, 3.05) is 0 Å². The number of non-ortho nitro benzene ring substituents is 1. The number of rotatable bonds is 5. The molecule has 0 radical (unpaired) electrons. The summed E-state index contributed by atoms with van der Waals surface area (Å²) in [6.45, 7) is 1.47. The third-order valence-corrected chi connectivity index (χ3v) is 3.89. The Morgan fingerprint density at radius 3 is 2.67 bits per heavy atom. The molecule has 1 aromatic carbocycles. The Bertz CT molecular complexity index is 613. The van der Waals surface area contributed by atoms with E-state index in [0.717, 1.165) is 25.7 Å². The van der Waals surface area contributed by atoms with E-state index in [9.17, 15) is 19.7 Å². The number of benzene rings is 1. The fourth-order valence-electron chi connectivity index (χ4n) is 2.61. The van der Waals surface area contributed by atoms with Crippen LogP contribution < -0.4 is 15.4 Å². The van der Waals surface area contributed by atoms with Gasteiger partial charge in [-0.05, 0) is 25.8 Å². The third-order valence-electron chi connectivity index (χ3n) is 3.89. The highest BCUT2D eigenvalue weighted by Gasteiger charge is 2.21. The number of urea groups is 1. The van der Waals surface area contributed by atoms with E-state index in [1.807, 2.05) is 0 Å². The average Bonchev–Trinajstić information content (AvgIpc) is 2.55. The van der Waals surface area contributed by atoms with Crippen LogP contribution in [-0.4, -0.2) is 29.0 Å². The molecule has 1 aromatic rings. The van der Waals surface area contributed by atoms with Crippen LogP contribution in [0.5, 0.6) is 5.75 Å². The van der Waals surface area contributed by atoms with Gasteiger partial charge in [0.15, 0.2) is 6.10 Å². The number of hydrogen-bond acceptors (Lipinski definition) is 5. The lowest BCUT2D eigenvalue weighted by Crippen LogP contribution is -2.48. The van der Waals surface area contributed by atoms with Crippen LogP contribution in [0.3, 0.4) is 0 Å². The predicted molar refractivity (Wildman–Crippen MR) is 86.7 cm³/mol. The summed E-state index contributed by atoms with van der Waals surface area (Å²) in [6.07, 6.45) is 4.20. The molecule has 2 N–H and O–H groups in total. The van der Waals surface area contributed by atoms with Crippen LogP contribution in [-0.2, 0) is 4.79 Å². The molecule has 1 aliphatic rings. The molecule has 130 valence electrons. The number of ether oxygens (including phenoxy) is 1. The van der Waals surface area contributed by atoms with Crippen molar-refractivity contribution < 1.29 is 19.2 Å². The van der Waals surface area contributed by atoms with Crippen LogP contribution in [0.25, 0.3) is 0 Å². The van der Waals surface area contributed by atoms with Gasteiger partial charge in [0.2, 0.25) is 0 Å². The number of nitro groups is 1. The number of nitrogens with zero attached hydrogens (tertiary/aromatic N) is 1. The van der Waals surface area contributed by atoms with Crippen molar-refractivity contribution >= 4 is 17.6 Å². The van der Waals surface area contributed by atoms with Crippen molar-refractivity contribution in [1.82, 2.24) is 10.6 Å². The molecule has 0 unspecified atom stereocenters. The van der Waals surface area contributed by atoms with Crippen molar-refractivity contribution in [2.24, 2.45) is 0 Å². The largest absolute Gasteiger partial charge is 0.481 e. The lowest BCUT2D eigenvalue weighted by atomic mass is 9.96. The van der Waals surface area contributed by atoms with E-state index >= 15 is 0 Å². The number of amides is 3. The highest BCUT2D eigenvalue weighted by molar-refractivity contribution is 5.96. The summed E-state index contributed by atoms with van der Waals surface area (Å²) in [7, 11) is 0. The van der Waals surface area contributed by atoms with E-state index in [1.54, 1.807) is 0 Å². The Kier molecular flexibility index (Phi) is 6.11. The zero-order valence-electron chi connectivity index (χ0n) is 13.5. The molecular weight excluding hydrogens is 314 g/mol. The Balaban J connectivity index is 1.84. The van der Waals surface area contributed by atoms with Crippen LogP contribution in [0.1, 0.15) is 39.0 Å². The second kappa shape index (κ2) is 8.28. The smallest absolute Gasteiger partial charge is 0.321 e. The first kappa shape index (κ1) is 17.7. The highest BCUT2D eigenvalue weighted by atomic mass is 16.6. The van der Waals surface area contributed by atoms with Gasteiger partial charge in [-0.25, -0.2) is 4.79 Å². The number of carbonyl (C=O) groups excluding carboxylic acids is 2. The molecule has 1 aliphatic carbocycles. The lowest BCUT2D eigenvalue weighted by molar-refractivity contribution is -0.384. The SMILES string of the molecule is C[C@H](Oc1cccc([N+](=O)[O-])c1)C(=O)NC(=O)NC1CCCCC1. The average molecular weight is 335 g/mol. The fourth-order valence-corrected chi connectivity index (χ4v) is 2.61. The number of nitro benzene ring substituents is 1. The zero-order chi connectivity index (χ0) is 17.5. The molecule has 1 saturated carbocycles. The second-order valence-corrected chi connectivity index (χ2v) is 5.81. The molecule has 0 bridgehead atoms. The van der Waals surface area contributed by atoms with Crippen LogP contribution >= 0.6 is 0 Å². The molecule has 24 heavy (non-hydrogen) atoms. The van der Waals surface area contributed by atoms with E-state index in [1.165, 1.54) is 37.6 Å². The van der Waals surface area contributed by atoms with Crippen molar-refractivity contribution in [3.63, 3.8) is 0 Å². The summed E-state index contributed by atoms with van der Waals surface area (Å²) in [5.74, 6) is -0.408. The van der Waals surface area contributed by atoms with Crippen LogP contribution in [0, 0.1) is 10.1 Å². The van der Waals surface area contributed by atoms with E-state index in [4.69, 9.17) is 4.74 Å². The lowest BCUT2D eigenvalue weighted by Gasteiger charge is -2.23. The minimum absolute atomic E-state index is 0.0968. The van der Waals surface area contributed by atoms with Gasteiger partial charge in [-0.3, -0.25) is 20.2 Å². The highest BCUT2D eigenvalue weighted by Crippen LogP contribution is 2.20. The fraction of sp³-hybridized carbons (Fsp3) is 0.500. The van der Waals surface area contributed by atoms with Gasteiger partial charge < -0.3 is 10.1 Å². The van der Waals surface area contributed by atoms with E-state index in [2.05, 4.69) is 10.6 Å². The standard InChI is InChI=1S/C16H21N3O5/c1-11(24-14-9-5-8-13(10-14)19(22)23)15(20)18-16(21)17-12-6-3-2-4-7-12/h5,8-12H,2-4,6-7H2,1H3,(H2,17,18,20,21)/t11-/m0/s1. The summed E-state index contributed by atoms with van der Waals surface area (Å²) in [6, 6.07) is 5.09. The van der Waals surface area contributed by atoms with Crippen LogP contribution in [0.4, 0.5) is 10.5 Å². The molecule has 0 aromatic heterocycles. The van der Waals surface area contributed by atoms with Crippen LogP contribution in [0.2, 0.25) is 0 Å². The van der Waals surface area contributed by atoms with Gasteiger partial charge >= 0.3 is 6.03 Å². The maximum Gasteiger partial charge on any atom is 0.321 e. The monoisotopic (exact) mass is 335 g/mol. The van der Waals surface area contributed by atoms with Crippen molar-refractivity contribution in [2.45, 2.75) is 51.2 Å². The summed E-state index contributed by atoms with van der Waals surface area (Å²) in [4.78, 5) is 34.0. The van der Waals surface area contributed by atoms with Gasteiger partial charge in [-0.1, -0.05) is 25.3 Å². The summed E-state index contributed by atoms with van der Waals surface area (Å²) in [5.41, 5.74) is -0.129. The zero-order valence-corrected chi connectivity index (χ0v) is 13.5. The van der Waals surface area contributed by atoms with Gasteiger partial charge in [-0.15, -0.1) is 0 Å². The molecule has 8 nitrogen and oxygen atoms in total. The minimum Gasteiger partial charge on any atom is -0.481 e. The number of hydrogen-bond donors (Lipinski definition) is 2. The van der Waals surface area contributed by atoms with Crippen molar-refractivity contribution in [3.05, 3.63) is 34.4 Å². The molecular formula is C16H21N3O5. The summed E-state index contributed by atoms with van der Waals surface area (Å²) < 4.78 is 5.36. The molecule has 0 saturated heterocycles. The Morgan fingerprint density at radius 2 is 2.00 bits per heavy atom. The first-order chi connectivity index (χ1) is 11.5. The molecule has 0 heterocycles. The normalized spacial score (nSPS) is 16.0. The third kappa shape index (κ3) is 5.22. The van der Waals surface area contributed by atoms with Gasteiger partial charge in [0.25, 0.3) is 11.6 Å².